The van der Waals surface area contributed by atoms with Crippen LogP contribution in [0.3, 0.4) is 0 Å². The number of nitrogens with zero attached hydrogens (tertiary/aromatic N) is 1. The van der Waals surface area contributed by atoms with Crippen LogP contribution < -0.4 is 0 Å². The highest BCUT2D eigenvalue weighted by atomic mass is 35.5. The molecule has 4 nitrogen and oxygen atoms in total. The molecule has 0 saturated carbocycles. The second kappa shape index (κ2) is 6.57. The number of hydrogen-bond donors (Lipinski definition) is 1. The van der Waals surface area contributed by atoms with Crippen molar-refractivity contribution in [3.8, 4) is 0 Å². The fraction of sp³-hybridized carbons (Fsp3) is 0.533. The van der Waals surface area contributed by atoms with Gasteiger partial charge in [0.25, 0.3) is 0 Å². The van der Waals surface area contributed by atoms with Gasteiger partial charge < -0.3 is 9.84 Å². The number of ether oxygens (including phenoxy) is 1. The minimum absolute atomic E-state index is 0.0804. The molecule has 3 unspecified atom stereocenters. The Hall–Kier alpha value is -1.10. The van der Waals surface area contributed by atoms with E-state index in [1.54, 1.807) is 0 Å². The van der Waals surface area contributed by atoms with Gasteiger partial charge in [0.05, 0.1) is 19.1 Å². The third-order valence-corrected chi connectivity index (χ3v) is 4.26. The average Bonchev–Trinajstić information content (AvgIpc) is 2.89. The van der Waals surface area contributed by atoms with Crippen molar-refractivity contribution in [3.63, 3.8) is 0 Å². The topological polar surface area (TPSA) is 49.8 Å². The lowest BCUT2D eigenvalue weighted by molar-refractivity contribution is -0.143. The smallest absolute Gasteiger partial charge is 0.310 e. The number of rotatable bonds is 5. The van der Waals surface area contributed by atoms with Crippen LogP contribution in [-0.2, 0) is 9.53 Å². The maximum absolute atomic E-state index is 11.3. The SMILES string of the molecule is CCN(C(C)c1ccc(Cl)cc1)C1COCC1C(=O)O. The van der Waals surface area contributed by atoms with Gasteiger partial charge in [0.1, 0.15) is 0 Å². The first kappa shape index (κ1) is 15.3. The minimum Gasteiger partial charge on any atom is -0.481 e. The number of hydrogen-bond acceptors (Lipinski definition) is 3. The number of benzene rings is 1. The number of carboxylic acids is 1. The van der Waals surface area contributed by atoms with Crippen LogP contribution in [0.4, 0.5) is 0 Å². The number of aliphatic carboxylic acids is 1. The molecule has 2 rings (SSSR count). The highest BCUT2D eigenvalue weighted by Gasteiger charge is 2.39. The van der Waals surface area contributed by atoms with Gasteiger partial charge in [-0.25, -0.2) is 0 Å². The van der Waals surface area contributed by atoms with E-state index in [1.807, 2.05) is 31.2 Å². The molecule has 110 valence electrons. The zero-order chi connectivity index (χ0) is 14.7. The summed E-state index contributed by atoms with van der Waals surface area (Å²) in [5.41, 5.74) is 1.13. The Balaban J connectivity index is 2.18. The lowest BCUT2D eigenvalue weighted by Gasteiger charge is -2.34. The van der Waals surface area contributed by atoms with Crippen molar-refractivity contribution in [2.75, 3.05) is 19.8 Å². The molecule has 20 heavy (non-hydrogen) atoms. The summed E-state index contributed by atoms with van der Waals surface area (Å²) >= 11 is 5.91. The zero-order valence-corrected chi connectivity index (χ0v) is 12.5. The van der Waals surface area contributed by atoms with Crippen LogP contribution in [0.2, 0.25) is 5.02 Å². The first-order valence-corrected chi connectivity index (χ1v) is 7.24. The van der Waals surface area contributed by atoms with Crippen LogP contribution >= 0.6 is 11.6 Å². The van der Waals surface area contributed by atoms with Gasteiger partial charge in [0.15, 0.2) is 0 Å². The van der Waals surface area contributed by atoms with Crippen LogP contribution in [-0.4, -0.2) is 41.8 Å². The Labute approximate surface area is 124 Å². The van der Waals surface area contributed by atoms with E-state index < -0.39 is 11.9 Å². The summed E-state index contributed by atoms with van der Waals surface area (Å²) < 4.78 is 5.38. The number of carbonyl (C=O) groups is 1. The highest BCUT2D eigenvalue weighted by Crippen LogP contribution is 2.29. The summed E-state index contributed by atoms with van der Waals surface area (Å²) in [6, 6.07) is 7.75. The van der Waals surface area contributed by atoms with E-state index in [0.29, 0.717) is 18.2 Å². The van der Waals surface area contributed by atoms with Crippen molar-refractivity contribution >= 4 is 17.6 Å². The fourth-order valence-corrected chi connectivity index (χ4v) is 2.96. The molecule has 5 heteroatoms. The molecule has 1 heterocycles. The van der Waals surface area contributed by atoms with Gasteiger partial charge in [0.2, 0.25) is 0 Å². The summed E-state index contributed by atoms with van der Waals surface area (Å²) in [6.07, 6.45) is 0. The van der Waals surface area contributed by atoms with Gasteiger partial charge in [-0.3, -0.25) is 9.69 Å². The number of halogens is 1. The second-order valence-electron chi connectivity index (χ2n) is 5.11. The summed E-state index contributed by atoms with van der Waals surface area (Å²) in [4.78, 5) is 13.5. The molecular weight excluding hydrogens is 278 g/mol. The Kier molecular flexibility index (Phi) is 5.02. The molecule has 1 fully saturated rings. The van der Waals surface area contributed by atoms with Crippen molar-refractivity contribution in [1.82, 2.24) is 4.90 Å². The van der Waals surface area contributed by atoms with Gasteiger partial charge in [-0.15, -0.1) is 0 Å². The second-order valence-corrected chi connectivity index (χ2v) is 5.54. The molecule has 1 aliphatic rings. The molecule has 0 spiro atoms. The molecule has 0 aliphatic carbocycles. The molecule has 0 amide bonds. The van der Waals surface area contributed by atoms with Crippen LogP contribution in [0, 0.1) is 5.92 Å². The van der Waals surface area contributed by atoms with Crippen LogP contribution in [0.5, 0.6) is 0 Å². The van der Waals surface area contributed by atoms with E-state index in [9.17, 15) is 9.90 Å². The molecule has 0 aromatic heterocycles. The lowest BCUT2D eigenvalue weighted by Crippen LogP contribution is -2.44. The van der Waals surface area contributed by atoms with E-state index in [0.717, 1.165) is 12.1 Å². The maximum atomic E-state index is 11.3. The monoisotopic (exact) mass is 297 g/mol. The predicted octanol–water partition coefficient (Wildman–Crippen LogP) is 2.82. The third kappa shape index (κ3) is 3.14. The Morgan fingerprint density at radius 2 is 2.10 bits per heavy atom. The molecule has 1 aromatic rings. The molecule has 0 bridgehead atoms. The molecule has 1 N–H and O–H groups in total. The van der Waals surface area contributed by atoms with E-state index >= 15 is 0 Å². The Morgan fingerprint density at radius 3 is 2.65 bits per heavy atom. The van der Waals surface area contributed by atoms with Gasteiger partial charge in [-0.1, -0.05) is 30.7 Å². The van der Waals surface area contributed by atoms with E-state index in [4.69, 9.17) is 16.3 Å². The maximum Gasteiger partial charge on any atom is 0.310 e. The lowest BCUT2D eigenvalue weighted by atomic mass is 9.98. The van der Waals surface area contributed by atoms with E-state index in [1.165, 1.54) is 0 Å². The van der Waals surface area contributed by atoms with Crippen LogP contribution in [0.1, 0.15) is 25.5 Å². The van der Waals surface area contributed by atoms with Gasteiger partial charge in [0, 0.05) is 17.1 Å². The Bertz CT molecular complexity index is 463. The Morgan fingerprint density at radius 1 is 1.45 bits per heavy atom. The van der Waals surface area contributed by atoms with Gasteiger partial charge in [-0.05, 0) is 31.2 Å². The third-order valence-electron chi connectivity index (χ3n) is 4.01. The summed E-state index contributed by atoms with van der Waals surface area (Å²) in [7, 11) is 0. The van der Waals surface area contributed by atoms with Crippen molar-refractivity contribution < 1.29 is 14.6 Å². The summed E-state index contributed by atoms with van der Waals surface area (Å²) in [5, 5.41) is 10.00. The zero-order valence-electron chi connectivity index (χ0n) is 11.8. The predicted molar refractivity (Wildman–Crippen MR) is 78.0 cm³/mol. The van der Waals surface area contributed by atoms with Crippen molar-refractivity contribution in [1.29, 1.82) is 0 Å². The molecule has 1 aliphatic heterocycles. The minimum atomic E-state index is -0.783. The number of carboxylic acid groups (broad SMARTS) is 1. The van der Waals surface area contributed by atoms with Gasteiger partial charge >= 0.3 is 5.97 Å². The first-order chi connectivity index (χ1) is 9.54. The van der Waals surface area contributed by atoms with Gasteiger partial charge in [-0.2, -0.15) is 0 Å². The number of likely N-dealkylation sites (N-methyl/N-ethyl adjacent to an activating group) is 1. The van der Waals surface area contributed by atoms with Crippen molar-refractivity contribution in [3.05, 3.63) is 34.9 Å². The van der Waals surface area contributed by atoms with Crippen LogP contribution in [0.25, 0.3) is 0 Å². The molecule has 1 saturated heterocycles. The van der Waals surface area contributed by atoms with Crippen molar-refractivity contribution in [2.45, 2.75) is 25.9 Å². The molecular formula is C15H20ClNO3. The van der Waals surface area contributed by atoms with Crippen LogP contribution in [0.15, 0.2) is 24.3 Å². The normalized spacial score (nSPS) is 24.0. The quantitative estimate of drug-likeness (QED) is 0.908. The average molecular weight is 298 g/mol. The first-order valence-electron chi connectivity index (χ1n) is 6.86. The van der Waals surface area contributed by atoms with E-state index in [-0.39, 0.29) is 12.1 Å². The highest BCUT2D eigenvalue weighted by molar-refractivity contribution is 6.30. The molecule has 1 aromatic carbocycles. The standard InChI is InChI=1S/C15H20ClNO3/c1-3-17(14-9-20-8-13(14)15(18)19)10(2)11-4-6-12(16)7-5-11/h4-7,10,13-14H,3,8-9H2,1-2H3,(H,18,19). The van der Waals surface area contributed by atoms with Crippen molar-refractivity contribution in [2.24, 2.45) is 5.92 Å². The molecule has 0 radical (unpaired) electrons. The largest absolute Gasteiger partial charge is 0.481 e. The fourth-order valence-electron chi connectivity index (χ4n) is 2.83. The summed E-state index contributed by atoms with van der Waals surface area (Å²) in [6.45, 7) is 5.68. The molecule has 3 atom stereocenters. The van der Waals surface area contributed by atoms with E-state index in [2.05, 4.69) is 11.8 Å². The summed E-state index contributed by atoms with van der Waals surface area (Å²) in [5.74, 6) is -1.24.